The van der Waals surface area contributed by atoms with E-state index in [2.05, 4.69) is 15.9 Å². The second-order valence-electron chi connectivity index (χ2n) is 7.80. The van der Waals surface area contributed by atoms with Crippen molar-refractivity contribution in [2.75, 3.05) is 6.79 Å². The average molecular weight is 519 g/mol. The first kappa shape index (κ1) is 20.6. The maximum absolute atomic E-state index is 12.9. The number of allylic oxidation sites excluding steroid dienone is 1. The highest BCUT2D eigenvalue weighted by Crippen LogP contribution is 2.40. The third-order valence-corrected chi connectivity index (χ3v) is 6.11. The molecular weight excluding hydrogens is 504 g/mol. The van der Waals surface area contributed by atoms with Crippen LogP contribution in [0.1, 0.15) is 32.0 Å². The minimum Gasteiger partial charge on any atom is -0.454 e. The van der Waals surface area contributed by atoms with Crippen molar-refractivity contribution in [2.24, 2.45) is 0 Å². The second-order valence-corrected chi connectivity index (χ2v) is 8.72. The minimum atomic E-state index is -0.643. The van der Waals surface area contributed by atoms with Crippen LogP contribution in [-0.2, 0) is 0 Å². The van der Waals surface area contributed by atoms with Crippen LogP contribution in [0, 0.1) is 6.92 Å². The molecule has 34 heavy (non-hydrogen) atoms. The normalized spacial score (nSPS) is 15.0. The summed E-state index contributed by atoms with van der Waals surface area (Å²) in [6.07, 6.45) is 1.64. The molecule has 168 valence electrons. The van der Waals surface area contributed by atoms with Gasteiger partial charge in [-0.05, 0) is 67.1 Å². The van der Waals surface area contributed by atoms with Crippen LogP contribution < -0.4 is 18.9 Å². The molecule has 6 rings (SSSR count). The molecule has 0 saturated heterocycles. The summed E-state index contributed by atoms with van der Waals surface area (Å²) >= 11 is 3.40. The number of hydrogen-bond acceptors (Lipinski definition) is 7. The number of hydrogen-bond donors (Lipinski definition) is 0. The summed E-state index contributed by atoms with van der Waals surface area (Å²) < 4.78 is 28.6. The van der Waals surface area contributed by atoms with Gasteiger partial charge in [0.15, 0.2) is 17.3 Å². The number of furan rings is 1. The number of carbonyl (C=O) groups excluding carboxylic acids is 2. The molecule has 0 unspecified atom stereocenters. The van der Waals surface area contributed by atoms with Gasteiger partial charge in [0.25, 0.3) is 0 Å². The fraction of sp³-hybridized carbons (Fsp3) is 0.0769. The quantitative estimate of drug-likeness (QED) is 0.185. The molecule has 3 aromatic carbocycles. The Hall–Kier alpha value is -4.04. The standard InChI is InChI=1S/C26H15BrO7/c1-13-18(34-26(29)23-11-15-10-16(27)3-6-19(15)32-23)7-4-17-24(28)22(33-25(13)17)9-14-2-5-20-21(8-14)31-12-30-20/h2-11H,12H2,1H3/b22-9-. The molecule has 0 saturated carbocycles. The van der Waals surface area contributed by atoms with Crippen LogP contribution in [0.4, 0.5) is 0 Å². The monoisotopic (exact) mass is 518 g/mol. The molecule has 0 amide bonds. The predicted octanol–water partition coefficient (Wildman–Crippen LogP) is 6.07. The summed E-state index contributed by atoms with van der Waals surface area (Å²) in [5.74, 6) is 1.26. The fourth-order valence-corrected chi connectivity index (χ4v) is 4.28. The maximum Gasteiger partial charge on any atom is 0.379 e. The Morgan fingerprint density at radius 3 is 2.76 bits per heavy atom. The Balaban J connectivity index is 1.26. The first-order valence-electron chi connectivity index (χ1n) is 10.3. The molecule has 2 aliphatic rings. The van der Waals surface area contributed by atoms with E-state index >= 15 is 0 Å². The van der Waals surface area contributed by atoms with Gasteiger partial charge in [0.1, 0.15) is 17.1 Å². The van der Waals surface area contributed by atoms with Gasteiger partial charge in [-0.15, -0.1) is 0 Å². The molecule has 7 nitrogen and oxygen atoms in total. The summed E-state index contributed by atoms with van der Waals surface area (Å²) in [7, 11) is 0. The molecule has 0 fully saturated rings. The van der Waals surface area contributed by atoms with E-state index < -0.39 is 5.97 Å². The zero-order valence-corrected chi connectivity index (χ0v) is 19.3. The van der Waals surface area contributed by atoms with E-state index in [9.17, 15) is 9.59 Å². The van der Waals surface area contributed by atoms with Gasteiger partial charge in [-0.1, -0.05) is 22.0 Å². The number of Topliss-reactive ketones (excluding diaryl/α,β-unsaturated/α-hetero) is 1. The van der Waals surface area contributed by atoms with Crippen molar-refractivity contribution in [1.82, 2.24) is 0 Å². The molecular formula is C26H15BrO7. The number of rotatable bonds is 3. The van der Waals surface area contributed by atoms with Crippen molar-refractivity contribution < 1.29 is 33.0 Å². The van der Waals surface area contributed by atoms with E-state index in [0.29, 0.717) is 34.0 Å². The molecule has 0 bridgehead atoms. The van der Waals surface area contributed by atoms with Crippen LogP contribution in [0.2, 0.25) is 0 Å². The van der Waals surface area contributed by atoms with Gasteiger partial charge < -0.3 is 23.4 Å². The molecule has 0 N–H and O–H groups in total. The Bertz CT molecular complexity index is 1550. The molecule has 0 atom stereocenters. The Morgan fingerprint density at radius 2 is 1.88 bits per heavy atom. The second kappa shape index (κ2) is 7.78. The van der Waals surface area contributed by atoms with Crippen LogP contribution >= 0.6 is 15.9 Å². The zero-order chi connectivity index (χ0) is 23.4. The first-order valence-corrected chi connectivity index (χ1v) is 11.1. The lowest BCUT2D eigenvalue weighted by Crippen LogP contribution is -2.08. The summed E-state index contributed by atoms with van der Waals surface area (Å²) in [4.78, 5) is 25.6. The van der Waals surface area contributed by atoms with Crippen molar-refractivity contribution in [2.45, 2.75) is 6.92 Å². The van der Waals surface area contributed by atoms with Crippen LogP contribution in [0.15, 0.2) is 69.2 Å². The Morgan fingerprint density at radius 1 is 1.03 bits per heavy atom. The average Bonchev–Trinajstić information content (AvgIpc) is 3.53. The highest BCUT2D eigenvalue weighted by atomic mass is 79.9. The van der Waals surface area contributed by atoms with Crippen LogP contribution in [0.25, 0.3) is 17.0 Å². The van der Waals surface area contributed by atoms with Gasteiger partial charge in [-0.25, -0.2) is 4.79 Å². The fourth-order valence-electron chi connectivity index (χ4n) is 3.90. The summed E-state index contributed by atoms with van der Waals surface area (Å²) in [6.45, 7) is 1.90. The van der Waals surface area contributed by atoms with E-state index in [0.717, 1.165) is 15.4 Å². The van der Waals surface area contributed by atoms with E-state index in [4.69, 9.17) is 23.4 Å². The molecule has 1 aromatic heterocycles. The molecule has 4 aromatic rings. The van der Waals surface area contributed by atoms with E-state index in [1.54, 1.807) is 49.4 Å². The molecule has 0 spiro atoms. The minimum absolute atomic E-state index is 0.0772. The van der Waals surface area contributed by atoms with Crippen LogP contribution in [0.5, 0.6) is 23.0 Å². The van der Waals surface area contributed by atoms with Gasteiger partial charge in [0.05, 0.1) is 5.56 Å². The lowest BCUT2D eigenvalue weighted by molar-refractivity contribution is 0.0702. The number of esters is 1. The number of ketones is 1. The van der Waals surface area contributed by atoms with Crippen LogP contribution in [0.3, 0.4) is 0 Å². The molecule has 3 heterocycles. The Labute approximate surface area is 201 Å². The number of halogens is 1. The number of ether oxygens (including phenoxy) is 4. The zero-order valence-electron chi connectivity index (χ0n) is 17.7. The van der Waals surface area contributed by atoms with Crippen molar-refractivity contribution in [3.8, 4) is 23.0 Å². The van der Waals surface area contributed by atoms with Gasteiger partial charge in [0, 0.05) is 15.4 Å². The first-order chi connectivity index (χ1) is 16.5. The van der Waals surface area contributed by atoms with Gasteiger partial charge in [-0.2, -0.15) is 0 Å². The van der Waals surface area contributed by atoms with Gasteiger partial charge >= 0.3 is 5.97 Å². The summed E-state index contributed by atoms with van der Waals surface area (Å²) in [5.41, 5.74) is 2.25. The van der Waals surface area contributed by atoms with Gasteiger partial charge in [0.2, 0.25) is 18.3 Å². The summed E-state index contributed by atoms with van der Waals surface area (Å²) in [5, 5.41) is 0.777. The summed E-state index contributed by atoms with van der Waals surface area (Å²) in [6, 6.07) is 15.6. The molecule has 8 heteroatoms. The smallest absolute Gasteiger partial charge is 0.379 e. The van der Waals surface area contributed by atoms with Crippen molar-refractivity contribution in [3.05, 3.63) is 87.3 Å². The topological polar surface area (TPSA) is 84.2 Å². The lowest BCUT2D eigenvalue weighted by atomic mass is 10.1. The van der Waals surface area contributed by atoms with E-state index in [1.165, 1.54) is 0 Å². The number of benzene rings is 3. The molecule has 0 radical (unpaired) electrons. The van der Waals surface area contributed by atoms with E-state index in [1.807, 2.05) is 18.2 Å². The third-order valence-electron chi connectivity index (χ3n) is 5.61. The molecule has 2 aliphatic heterocycles. The lowest BCUT2D eigenvalue weighted by Gasteiger charge is -2.09. The predicted molar refractivity (Wildman–Crippen MR) is 126 cm³/mol. The number of fused-ring (bicyclic) bond motifs is 3. The van der Waals surface area contributed by atoms with Crippen LogP contribution in [-0.4, -0.2) is 18.5 Å². The van der Waals surface area contributed by atoms with E-state index in [-0.39, 0.29) is 29.8 Å². The van der Waals surface area contributed by atoms with Crippen molar-refractivity contribution in [1.29, 1.82) is 0 Å². The highest BCUT2D eigenvalue weighted by Gasteiger charge is 2.31. The van der Waals surface area contributed by atoms with Gasteiger partial charge in [-0.3, -0.25) is 4.79 Å². The largest absolute Gasteiger partial charge is 0.454 e. The molecule has 0 aliphatic carbocycles. The maximum atomic E-state index is 12.9. The van der Waals surface area contributed by atoms with Crippen molar-refractivity contribution in [3.63, 3.8) is 0 Å². The number of carbonyl (C=O) groups is 2. The Kier molecular flexibility index (Phi) is 4.70. The van der Waals surface area contributed by atoms with Crippen molar-refractivity contribution >= 4 is 44.7 Å². The SMILES string of the molecule is Cc1c(OC(=O)c2cc3cc(Br)ccc3o2)ccc2c1O/C(=C\c1ccc3c(c1)OCO3)C2=O. The third kappa shape index (κ3) is 3.43. The highest BCUT2D eigenvalue weighted by molar-refractivity contribution is 9.10.